The van der Waals surface area contributed by atoms with E-state index in [2.05, 4.69) is 15.0 Å². The van der Waals surface area contributed by atoms with Gasteiger partial charge in [0, 0.05) is 18.5 Å². The van der Waals surface area contributed by atoms with E-state index in [4.69, 9.17) is 16.3 Å². The Hall–Kier alpha value is -1.68. The second-order valence-electron chi connectivity index (χ2n) is 2.45. The molecule has 2 heterocycles. The Morgan fingerprint density at radius 3 is 2.86 bits per heavy atom. The molecule has 0 spiro atoms. The fourth-order valence-corrected chi connectivity index (χ4v) is 1.04. The van der Waals surface area contributed by atoms with Crippen molar-refractivity contribution in [2.75, 3.05) is 0 Å². The van der Waals surface area contributed by atoms with E-state index >= 15 is 0 Å². The molecule has 0 N–H and O–H groups in total. The molecule has 0 aliphatic rings. The maximum atomic E-state index is 5.59. The fraction of sp³-hybridized carbons (Fsp3) is 0. The number of aromatic nitrogens is 3. The van der Waals surface area contributed by atoms with Crippen molar-refractivity contribution in [3.8, 4) is 11.6 Å². The standard InChI is InChI=1S/C9H6ClN3O/c10-9-12-5-3-8(13-9)14-7-2-1-4-11-6-7/h1-6H. The Morgan fingerprint density at radius 1 is 1.21 bits per heavy atom. The van der Waals surface area contributed by atoms with E-state index in [0.29, 0.717) is 11.6 Å². The summed E-state index contributed by atoms with van der Waals surface area (Å²) in [7, 11) is 0. The molecule has 0 aliphatic carbocycles. The molecule has 2 rings (SSSR count). The van der Waals surface area contributed by atoms with Crippen molar-refractivity contribution in [1.29, 1.82) is 0 Å². The molecule has 0 bridgehead atoms. The van der Waals surface area contributed by atoms with Crippen LogP contribution >= 0.6 is 11.6 Å². The lowest BCUT2D eigenvalue weighted by atomic mass is 10.5. The van der Waals surface area contributed by atoms with Crippen LogP contribution in [0.1, 0.15) is 0 Å². The van der Waals surface area contributed by atoms with Gasteiger partial charge in [-0.05, 0) is 23.7 Å². The van der Waals surface area contributed by atoms with Crippen LogP contribution in [0.15, 0.2) is 36.8 Å². The van der Waals surface area contributed by atoms with Gasteiger partial charge >= 0.3 is 0 Å². The van der Waals surface area contributed by atoms with Crippen LogP contribution in [0.2, 0.25) is 5.28 Å². The zero-order valence-corrected chi connectivity index (χ0v) is 7.85. The Morgan fingerprint density at radius 2 is 2.14 bits per heavy atom. The second kappa shape index (κ2) is 4.02. The van der Waals surface area contributed by atoms with Crippen molar-refractivity contribution in [1.82, 2.24) is 15.0 Å². The first-order valence-electron chi connectivity index (χ1n) is 3.91. The average Bonchev–Trinajstić information content (AvgIpc) is 2.19. The van der Waals surface area contributed by atoms with Gasteiger partial charge in [0.1, 0.15) is 5.75 Å². The maximum absolute atomic E-state index is 5.59. The van der Waals surface area contributed by atoms with E-state index in [1.54, 1.807) is 30.6 Å². The molecule has 0 fully saturated rings. The lowest BCUT2D eigenvalue weighted by molar-refractivity contribution is 0.459. The normalized spacial score (nSPS) is 9.79. The number of ether oxygens (including phenoxy) is 1. The van der Waals surface area contributed by atoms with Crippen LogP contribution in [-0.2, 0) is 0 Å². The molecular formula is C9H6ClN3O. The topological polar surface area (TPSA) is 47.9 Å². The average molecular weight is 208 g/mol. The van der Waals surface area contributed by atoms with Crippen molar-refractivity contribution in [3.63, 3.8) is 0 Å². The second-order valence-corrected chi connectivity index (χ2v) is 2.79. The Balaban J connectivity index is 2.19. The fourth-order valence-electron chi connectivity index (χ4n) is 0.905. The summed E-state index contributed by atoms with van der Waals surface area (Å²) < 4.78 is 5.36. The first-order valence-corrected chi connectivity index (χ1v) is 4.29. The monoisotopic (exact) mass is 207 g/mol. The quantitative estimate of drug-likeness (QED) is 0.709. The van der Waals surface area contributed by atoms with Crippen molar-refractivity contribution < 1.29 is 4.74 Å². The smallest absolute Gasteiger partial charge is 0.225 e. The summed E-state index contributed by atoms with van der Waals surface area (Å²) in [6.45, 7) is 0. The van der Waals surface area contributed by atoms with Crippen LogP contribution in [-0.4, -0.2) is 15.0 Å². The summed E-state index contributed by atoms with van der Waals surface area (Å²) in [4.78, 5) is 11.5. The third-order valence-corrected chi connectivity index (χ3v) is 1.64. The summed E-state index contributed by atoms with van der Waals surface area (Å²) >= 11 is 5.59. The van der Waals surface area contributed by atoms with E-state index in [-0.39, 0.29) is 5.28 Å². The van der Waals surface area contributed by atoms with Gasteiger partial charge in [-0.2, -0.15) is 4.98 Å². The Labute approximate surface area is 85.6 Å². The molecule has 0 saturated carbocycles. The molecule has 0 saturated heterocycles. The first-order chi connectivity index (χ1) is 6.84. The molecule has 0 aromatic carbocycles. The molecule has 5 heteroatoms. The van der Waals surface area contributed by atoms with Gasteiger partial charge in [-0.1, -0.05) is 0 Å². The van der Waals surface area contributed by atoms with E-state index in [1.807, 2.05) is 0 Å². The highest BCUT2D eigenvalue weighted by atomic mass is 35.5. The lowest BCUT2D eigenvalue weighted by Gasteiger charge is -2.02. The SMILES string of the molecule is Clc1nccc(Oc2cccnc2)n1. The number of halogens is 1. The van der Waals surface area contributed by atoms with Crippen molar-refractivity contribution in [2.24, 2.45) is 0 Å². The van der Waals surface area contributed by atoms with E-state index in [1.165, 1.54) is 6.20 Å². The van der Waals surface area contributed by atoms with Gasteiger partial charge in [0.2, 0.25) is 11.2 Å². The minimum Gasteiger partial charge on any atom is -0.437 e. The Bertz CT molecular complexity index is 421. The number of hydrogen-bond donors (Lipinski definition) is 0. The number of nitrogens with zero attached hydrogens (tertiary/aromatic N) is 3. The summed E-state index contributed by atoms with van der Waals surface area (Å²) in [5.41, 5.74) is 0. The predicted molar refractivity (Wildman–Crippen MR) is 51.4 cm³/mol. The predicted octanol–water partition coefficient (Wildman–Crippen LogP) is 2.32. The van der Waals surface area contributed by atoms with Crippen molar-refractivity contribution >= 4 is 11.6 Å². The van der Waals surface area contributed by atoms with Crippen LogP contribution in [0.4, 0.5) is 0 Å². The summed E-state index contributed by atoms with van der Waals surface area (Å²) in [6.07, 6.45) is 4.79. The lowest BCUT2D eigenvalue weighted by Crippen LogP contribution is -1.89. The molecule has 0 atom stereocenters. The van der Waals surface area contributed by atoms with Crippen LogP contribution in [0.3, 0.4) is 0 Å². The molecule has 0 amide bonds. The van der Waals surface area contributed by atoms with Gasteiger partial charge in [0.05, 0.1) is 6.20 Å². The van der Waals surface area contributed by atoms with Gasteiger partial charge < -0.3 is 4.74 Å². The van der Waals surface area contributed by atoms with Gasteiger partial charge in [-0.25, -0.2) is 4.98 Å². The van der Waals surface area contributed by atoms with Crippen LogP contribution in [0, 0.1) is 0 Å². The summed E-state index contributed by atoms with van der Waals surface area (Å²) in [6, 6.07) is 5.18. The van der Waals surface area contributed by atoms with Crippen molar-refractivity contribution in [3.05, 3.63) is 42.1 Å². The zero-order chi connectivity index (χ0) is 9.80. The van der Waals surface area contributed by atoms with Gasteiger partial charge in [-0.15, -0.1) is 0 Å². The molecule has 2 aromatic heterocycles. The highest BCUT2D eigenvalue weighted by Gasteiger charge is 1.98. The first kappa shape index (κ1) is 8.90. The molecule has 0 unspecified atom stereocenters. The van der Waals surface area contributed by atoms with Crippen LogP contribution in [0.25, 0.3) is 0 Å². The molecular weight excluding hydrogens is 202 g/mol. The van der Waals surface area contributed by atoms with Crippen LogP contribution in [0.5, 0.6) is 11.6 Å². The molecule has 4 nitrogen and oxygen atoms in total. The molecule has 2 aromatic rings. The summed E-state index contributed by atoms with van der Waals surface area (Å²) in [5.74, 6) is 1.01. The largest absolute Gasteiger partial charge is 0.437 e. The van der Waals surface area contributed by atoms with E-state index in [9.17, 15) is 0 Å². The minimum absolute atomic E-state index is 0.159. The minimum atomic E-state index is 0.159. The Kier molecular flexibility index (Phi) is 2.55. The highest BCUT2D eigenvalue weighted by molar-refractivity contribution is 6.28. The molecule has 0 aliphatic heterocycles. The summed E-state index contributed by atoms with van der Waals surface area (Å²) in [5, 5.41) is 0.159. The van der Waals surface area contributed by atoms with E-state index < -0.39 is 0 Å². The van der Waals surface area contributed by atoms with Gasteiger partial charge in [-0.3, -0.25) is 4.98 Å². The number of rotatable bonds is 2. The van der Waals surface area contributed by atoms with Crippen molar-refractivity contribution in [2.45, 2.75) is 0 Å². The van der Waals surface area contributed by atoms with Gasteiger partial charge in [0.25, 0.3) is 0 Å². The molecule has 14 heavy (non-hydrogen) atoms. The number of hydrogen-bond acceptors (Lipinski definition) is 4. The number of pyridine rings is 1. The van der Waals surface area contributed by atoms with E-state index in [0.717, 1.165) is 0 Å². The van der Waals surface area contributed by atoms with Gasteiger partial charge in [0.15, 0.2) is 0 Å². The third kappa shape index (κ3) is 2.17. The molecule has 70 valence electrons. The zero-order valence-electron chi connectivity index (χ0n) is 7.09. The van der Waals surface area contributed by atoms with Crippen LogP contribution < -0.4 is 4.74 Å². The highest BCUT2D eigenvalue weighted by Crippen LogP contribution is 2.17. The molecule has 0 radical (unpaired) electrons. The maximum Gasteiger partial charge on any atom is 0.225 e. The third-order valence-electron chi connectivity index (χ3n) is 1.46.